The molecular weight excluding hydrogens is 443 g/mol. The molecule has 1 aromatic rings. The lowest BCUT2D eigenvalue weighted by atomic mass is 9.48. The molecule has 174 valence electrons. The summed E-state index contributed by atoms with van der Waals surface area (Å²) in [6, 6.07) is 4.20. The predicted molar refractivity (Wildman–Crippen MR) is 121 cm³/mol. The van der Waals surface area contributed by atoms with E-state index >= 15 is 0 Å². The van der Waals surface area contributed by atoms with Crippen molar-refractivity contribution in [1.82, 2.24) is 10.2 Å². The number of hydrogen-bond donors (Lipinski definition) is 3. The Hall–Kier alpha value is -1.25. The van der Waals surface area contributed by atoms with E-state index in [-0.39, 0.29) is 66.2 Å². The maximum Gasteiger partial charge on any atom is 0.303 e. The molecule has 2 aliphatic carbocycles. The number of aliphatic carboxylic acids is 1. The van der Waals surface area contributed by atoms with Crippen LogP contribution in [0.2, 0.25) is 0 Å². The third kappa shape index (κ3) is 3.16. The third-order valence-electron chi connectivity index (χ3n) is 8.03. The van der Waals surface area contributed by atoms with E-state index in [1.54, 1.807) is 6.07 Å². The highest BCUT2D eigenvalue weighted by molar-refractivity contribution is 5.85. The molecule has 5 rings (SSSR count). The smallest absolute Gasteiger partial charge is 0.303 e. The fourth-order valence-electron chi connectivity index (χ4n) is 6.88. The van der Waals surface area contributed by atoms with Crippen molar-refractivity contribution in [2.24, 2.45) is 0 Å². The molecular formula is C22H32Cl2N2O5. The Morgan fingerprint density at radius 2 is 2.13 bits per heavy atom. The normalized spacial score (nSPS) is 34.7. The molecule has 0 unspecified atom stereocenters. The second kappa shape index (κ2) is 8.60. The average molecular weight is 475 g/mol. The molecule has 31 heavy (non-hydrogen) atoms. The Morgan fingerprint density at radius 3 is 2.84 bits per heavy atom. The molecule has 1 spiro atoms. The molecule has 2 aliphatic heterocycles. The van der Waals surface area contributed by atoms with Gasteiger partial charge in [-0.2, -0.15) is 0 Å². The lowest BCUT2D eigenvalue weighted by Gasteiger charge is -2.65. The number of phenolic OH excluding ortho intramolecular Hbond substituents is 1. The van der Waals surface area contributed by atoms with Crippen molar-refractivity contribution in [3.8, 4) is 11.5 Å². The zero-order valence-corrected chi connectivity index (χ0v) is 19.6. The molecule has 4 aliphatic rings. The molecule has 1 saturated carbocycles. The summed E-state index contributed by atoms with van der Waals surface area (Å²) in [5.74, 6) is 0.0765. The first kappa shape index (κ1) is 24.4. The lowest BCUT2D eigenvalue weighted by Crippen LogP contribution is -2.78. The second-order valence-corrected chi connectivity index (χ2v) is 9.10. The van der Waals surface area contributed by atoms with Crippen LogP contribution in [-0.2, 0) is 21.4 Å². The Morgan fingerprint density at radius 1 is 1.35 bits per heavy atom. The lowest BCUT2D eigenvalue weighted by molar-refractivity contribution is -0.203. The Labute approximate surface area is 195 Å². The van der Waals surface area contributed by atoms with E-state index in [1.165, 1.54) is 5.56 Å². The van der Waals surface area contributed by atoms with Crippen LogP contribution in [0.4, 0.5) is 0 Å². The first-order valence-electron chi connectivity index (χ1n) is 10.7. The van der Waals surface area contributed by atoms with E-state index < -0.39 is 5.97 Å². The van der Waals surface area contributed by atoms with E-state index in [9.17, 15) is 9.90 Å². The van der Waals surface area contributed by atoms with Crippen molar-refractivity contribution in [3.05, 3.63) is 23.3 Å². The number of carboxylic acids is 1. The van der Waals surface area contributed by atoms with Gasteiger partial charge in [0.05, 0.1) is 11.0 Å². The maximum absolute atomic E-state index is 10.9. The van der Waals surface area contributed by atoms with E-state index in [2.05, 4.69) is 23.3 Å². The number of phenols is 1. The van der Waals surface area contributed by atoms with Gasteiger partial charge in [0.15, 0.2) is 11.5 Å². The quantitative estimate of drug-likeness (QED) is 0.545. The second-order valence-electron chi connectivity index (χ2n) is 9.10. The molecule has 0 radical (unpaired) electrons. The SMILES string of the molecule is CO[C@@]12CC[C@H](NCCCC(=O)O)[C@@H]3Oc4c(O)ccc5c4[C@@]31CCN(C)[C@@H]2C5.Cl.Cl. The molecule has 1 aromatic carbocycles. The van der Waals surface area contributed by atoms with Gasteiger partial charge >= 0.3 is 5.97 Å². The number of carbonyl (C=O) groups is 1. The number of aromatic hydroxyl groups is 1. The van der Waals surface area contributed by atoms with E-state index in [4.69, 9.17) is 14.6 Å². The summed E-state index contributed by atoms with van der Waals surface area (Å²) in [5.41, 5.74) is 1.79. The Balaban J connectivity index is 0.00000136. The van der Waals surface area contributed by atoms with Crippen molar-refractivity contribution in [2.75, 3.05) is 27.2 Å². The number of ether oxygens (including phenoxy) is 2. The number of piperidine rings is 1. The van der Waals surface area contributed by atoms with Crippen molar-refractivity contribution in [1.29, 1.82) is 0 Å². The summed E-state index contributed by atoms with van der Waals surface area (Å²) in [4.78, 5) is 13.3. The van der Waals surface area contributed by atoms with Crippen LogP contribution in [0.3, 0.4) is 0 Å². The molecule has 3 N–H and O–H groups in total. The van der Waals surface area contributed by atoms with Gasteiger partial charge in [0, 0.05) is 31.2 Å². The summed E-state index contributed by atoms with van der Waals surface area (Å²) in [6.45, 7) is 1.61. The molecule has 2 heterocycles. The van der Waals surface area contributed by atoms with Gasteiger partial charge in [-0.05, 0) is 63.9 Å². The van der Waals surface area contributed by atoms with Gasteiger partial charge in [-0.3, -0.25) is 4.79 Å². The van der Waals surface area contributed by atoms with E-state index in [0.29, 0.717) is 18.7 Å². The highest BCUT2D eigenvalue weighted by Gasteiger charge is 2.73. The predicted octanol–water partition coefficient (Wildman–Crippen LogP) is 2.50. The van der Waals surface area contributed by atoms with Crippen LogP contribution < -0.4 is 10.1 Å². The largest absolute Gasteiger partial charge is 0.504 e. The minimum Gasteiger partial charge on any atom is -0.504 e. The fourth-order valence-corrected chi connectivity index (χ4v) is 6.88. The van der Waals surface area contributed by atoms with E-state index in [0.717, 1.165) is 37.8 Å². The van der Waals surface area contributed by atoms with Crippen LogP contribution in [0.5, 0.6) is 11.5 Å². The standard InChI is InChI=1S/C22H30N2O5.2ClH/c1-24-11-9-21-18-13-5-6-15(25)19(18)29-20(21)14(23-10-3-4-17(26)27)7-8-22(21,28-2)16(24)12-13;;/h5-6,14,16,20,23,25H,3-4,7-12H2,1-2H3,(H,26,27);2*1H/t14-,16+,20-,21-,22+;;/m0../s1. The number of benzene rings is 1. The number of hydrogen-bond acceptors (Lipinski definition) is 6. The van der Waals surface area contributed by atoms with Crippen molar-refractivity contribution in [2.45, 2.75) is 67.7 Å². The monoisotopic (exact) mass is 474 g/mol. The molecule has 1 saturated heterocycles. The fraction of sp³-hybridized carbons (Fsp3) is 0.682. The van der Waals surface area contributed by atoms with Gasteiger partial charge in [-0.15, -0.1) is 24.8 Å². The number of likely N-dealkylation sites (tertiary alicyclic amines) is 1. The van der Waals surface area contributed by atoms with Crippen LogP contribution in [0.25, 0.3) is 0 Å². The minimum atomic E-state index is -0.767. The van der Waals surface area contributed by atoms with Gasteiger partial charge < -0.3 is 29.9 Å². The Kier molecular flexibility index (Phi) is 6.76. The highest BCUT2D eigenvalue weighted by Crippen LogP contribution is 2.66. The molecule has 5 atom stereocenters. The van der Waals surface area contributed by atoms with Crippen molar-refractivity contribution < 1.29 is 24.5 Å². The summed E-state index contributed by atoms with van der Waals surface area (Å²) >= 11 is 0. The number of rotatable bonds is 6. The number of likely N-dealkylation sites (N-methyl/N-ethyl adjacent to an activating group) is 1. The van der Waals surface area contributed by atoms with Gasteiger partial charge in [0.1, 0.15) is 6.10 Å². The third-order valence-corrected chi connectivity index (χ3v) is 8.03. The minimum absolute atomic E-state index is 0. The van der Waals surface area contributed by atoms with Gasteiger partial charge in [-0.25, -0.2) is 0 Å². The summed E-state index contributed by atoms with van der Waals surface area (Å²) in [7, 11) is 4.02. The average Bonchev–Trinajstić information content (AvgIpc) is 3.06. The Bertz CT molecular complexity index is 855. The zero-order chi connectivity index (χ0) is 20.4. The zero-order valence-electron chi connectivity index (χ0n) is 17.9. The molecule has 2 bridgehead atoms. The van der Waals surface area contributed by atoms with Gasteiger partial charge in [0.2, 0.25) is 0 Å². The van der Waals surface area contributed by atoms with Crippen LogP contribution in [0.1, 0.15) is 43.2 Å². The number of carboxylic acid groups (broad SMARTS) is 1. The summed E-state index contributed by atoms with van der Waals surface area (Å²) in [6.07, 6.45) is 4.29. The highest BCUT2D eigenvalue weighted by atomic mass is 35.5. The van der Waals surface area contributed by atoms with Crippen LogP contribution in [-0.4, -0.2) is 72.1 Å². The van der Waals surface area contributed by atoms with Crippen LogP contribution >= 0.6 is 24.8 Å². The first-order valence-corrected chi connectivity index (χ1v) is 10.7. The molecule has 2 fully saturated rings. The topological polar surface area (TPSA) is 91.3 Å². The molecule has 7 nitrogen and oxygen atoms in total. The van der Waals surface area contributed by atoms with Gasteiger partial charge in [-0.1, -0.05) is 6.07 Å². The van der Waals surface area contributed by atoms with Crippen molar-refractivity contribution in [3.63, 3.8) is 0 Å². The summed E-state index contributed by atoms with van der Waals surface area (Å²) in [5, 5.41) is 23.1. The molecule has 0 aromatic heterocycles. The van der Waals surface area contributed by atoms with E-state index in [1.807, 2.05) is 7.11 Å². The maximum atomic E-state index is 10.9. The van der Waals surface area contributed by atoms with Crippen LogP contribution in [0, 0.1) is 0 Å². The van der Waals surface area contributed by atoms with Gasteiger partial charge in [0.25, 0.3) is 0 Å². The van der Waals surface area contributed by atoms with Crippen molar-refractivity contribution >= 4 is 30.8 Å². The number of nitrogens with zero attached hydrogens (tertiary/aromatic N) is 1. The molecule has 0 amide bonds. The number of nitrogens with one attached hydrogen (secondary N) is 1. The first-order chi connectivity index (χ1) is 13.9. The number of halogens is 2. The molecule has 9 heteroatoms. The van der Waals surface area contributed by atoms with Crippen LogP contribution in [0.15, 0.2) is 12.1 Å². The summed E-state index contributed by atoms with van der Waals surface area (Å²) < 4.78 is 12.9. The number of methoxy groups -OCH3 is 1.